The van der Waals surface area contributed by atoms with Gasteiger partial charge in [-0.25, -0.2) is 9.69 Å². The lowest BCUT2D eigenvalue weighted by atomic mass is 9.98. The van der Waals surface area contributed by atoms with E-state index in [9.17, 15) is 9.59 Å². The predicted octanol–water partition coefficient (Wildman–Crippen LogP) is 5.67. The smallest absolute Gasteiger partial charge is 0.417 e. The monoisotopic (exact) mass is 474 g/mol. The normalized spacial score (nSPS) is 15.8. The highest BCUT2D eigenvalue weighted by atomic mass is 32.2. The molecular formula is C27H26N2O4S. The van der Waals surface area contributed by atoms with Crippen molar-refractivity contribution < 1.29 is 19.1 Å². The van der Waals surface area contributed by atoms with Crippen LogP contribution >= 0.6 is 11.8 Å². The molecule has 0 saturated carbocycles. The summed E-state index contributed by atoms with van der Waals surface area (Å²) < 4.78 is 10.9. The molecule has 1 N–H and O–H groups in total. The molecule has 0 radical (unpaired) electrons. The van der Waals surface area contributed by atoms with Gasteiger partial charge in [0.2, 0.25) is 0 Å². The van der Waals surface area contributed by atoms with E-state index in [1.165, 1.54) is 11.0 Å². The first kappa shape index (κ1) is 23.4. The van der Waals surface area contributed by atoms with E-state index in [0.717, 1.165) is 27.5 Å². The van der Waals surface area contributed by atoms with Crippen LogP contribution < -0.4 is 10.1 Å². The van der Waals surface area contributed by atoms with Crippen LogP contribution in [0.4, 0.5) is 10.5 Å². The Bertz CT molecular complexity index is 1170. The van der Waals surface area contributed by atoms with E-state index in [1.54, 1.807) is 24.9 Å². The van der Waals surface area contributed by atoms with E-state index in [2.05, 4.69) is 5.32 Å². The van der Waals surface area contributed by atoms with Crippen molar-refractivity contribution in [3.8, 4) is 5.75 Å². The van der Waals surface area contributed by atoms with Crippen LogP contribution in [0, 0.1) is 0 Å². The Labute approximate surface area is 203 Å². The number of carbonyl (C=O) groups is 2. The van der Waals surface area contributed by atoms with Gasteiger partial charge in [-0.2, -0.15) is 0 Å². The van der Waals surface area contributed by atoms with Crippen molar-refractivity contribution in [2.24, 2.45) is 0 Å². The number of hydrogen-bond donors (Lipinski definition) is 1. The van der Waals surface area contributed by atoms with Gasteiger partial charge in [-0.05, 0) is 35.6 Å². The summed E-state index contributed by atoms with van der Waals surface area (Å²) in [5.74, 6) is 0.360. The Morgan fingerprint density at radius 2 is 1.76 bits per heavy atom. The maximum absolute atomic E-state index is 13.0. The number of ether oxygens (including phenoxy) is 2. The fourth-order valence-corrected chi connectivity index (χ4v) is 4.45. The number of nitrogens with one attached hydrogen (secondary N) is 1. The third-order valence-corrected chi connectivity index (χ3v) is 6.37. The zero-order valence-electron chi connectivity index (χ0n) is 19.0. The van der Waals surface area contributed by atoms with Gasteiger partial charge in [-0.3, -0.25) is 4.79 Å². The number of benzene rings is 3. The number of imide groups is 1. The summed E-state index contributed by atoms with van der Waals surface area (Å²) in [6, 6.07) is 24.0. The first-order valence-electron chi connectivity index (χ1n) is 10.9. The van der Waals surface area contributed by atoms with Crippen LogP contribution in [0.3, 0.4) is 0 Å². The van der Waals surface area contributed by atoms with Gasteiger partial charge in [0.25, 0.3) is 5.91 Å². The first-order valence-corrected chi connectivity index (χ1v) is 12.1. The van der Waals surface area contributed by atoms with Gasteiger partial charge in [0.1, 0.15) is 12.4 Å². The molecule has 7 heteroatoms. The van der Waals surface area contributed by atoms with Crippen molar-refractivity contribution in [2.75, 3.05) is 18.7 Å². The molecule has 6 nitrogen and oxygen atoms in total. The molecule has 1 aliphatic rings. The molecule has 34 heavy (non-hydrogen) atoms. The van der Waals surface area contributed by atoms with E-state index in [-0.39, 0.29) is 12.6 Å². The van der Waals surface area contributed by atoms with Crippen LogP contribution in [0.5, 0.6) is 5.75 Å². The second-order valence-corrected chi connectivity index (χ2v) is 8.55. The minimum absolute atomic E-state index is 0.0920. The zero-order chi connectivity index (χ0) is 23.9. The molecule has 0 fully saturated rings. The van der Waals surface area contributed by atoms with Gasteiger partial charge in [-0.15, -0.1) is 11.8 Å². The fraction of sp³-hybridized carbons (Fsp3) is 0.185. The van der Waals surface area contributed by atoms with E-state index < -0.39 is 18.0 Å². The van der Waals surface area contributed by atoms with Gasteiger partial charge in [-0.1, -0.05) is 66.7 Å². The van der Waals surface area contributed by atoms with Gasteiger partial charge in [0.15, 0.2) is 0 Å². The molecule has 3 aromatic carbocycles. The predicted molar refractivity (Wildman–Crippen MR) is 134 cm³/mol. The van der Waals surface area contributed by atoms with E-state index in [4.69, 9.17) is 9.47 Å². The van der Waals surface area contributed by atoms with Gasteiger partial charge >= 0.3 is 6.09 Å². The van der Waals surface area contributed by atoms with E-state index in [0.29, 0.717) is 0 Å². The Kier molecular flexibility index (Phi) is 7.54. The number of anilines is 1. The average Bonchev–Trinajstić information content (AvgIpc) is 3.27. The molecule has 0 aromatic heterocycles. The summed E-state index contributed by atoms with van der Waals surface area (Å²) in [7, 11) is 1.63. The molecule has 0 unspecified atom stereocenters. The van der Waals surface area contributed by atoms with Crippen molar-refractivity contribution in [3.05, 3.63) is 102 Å². The minimum Gasteiger partial charge on any atom is -0.497 e. The van der Waals surface area contributed by atoms with E-state index >= 15 is 0 Å². The molecule has 0 bridgehead atoms. The van der Waals surface area contributed by atoms with Crippen LogP contribution in [0.25, 0.3) is 0 Å². The van der Waals surface area contributed by atoms with Crippen molar-refractivity contribution >= 4 is 29.4 Å². The van der Waals surface area contributed by atoms with Crippen LogP contribution in [0.15, 0.2) is 95.9 Å². The maximum Gasteiger partial charge on any atom is 0.417 e. The molecule has 0 spiro atoms. The minimum atomic E-state index is -0.675. The topological polar surface area (TPSA) is 67.9 Å². The van der Waals surface area contributed by atoms with Crippen LogP contribution in [-0.2, 0) is 16.1 Å². The number of rotatable bonds is 8. The highest BCUT2D eigenvalue weighted by molar-refractivity contribution is 7.98. The average molecular weight is 475 g/mol. The summed E-state index contributed by atoms with van der Waals surface area (Å²) >= 11 is 1.59. The second kappa shape index (κ2) is 10.9. The van der Waals surface area contributed by atoms with Gasteiger partial charge in [0.05, 0.1) is 19.2 Å². The van der Waals surface area contributed by atoms with Crippen molar-refractivity contribution in [3.63, 3.8) is 0 Å². The number of methoxy groups -OCH3 is 1. The number of hydrogen-bond acceptors (Lipinski definition) is 6. The first-order chi connectivity index (χ1) is 16.6. The lowest BCUT2D eigenvalue weighted by Gasteiger charge is -2.31. The quantitative estimate of drug-likeness (QED) is 0.424. The van der Waals surface area contributed by atoms with E-state index in [1.807, 2.05) is 85.1 Å². The lowest BCUT2D eigenvalue weighted by Crippen LogP contribution is -2.44. The van der Waals surface area contributed by atoms with Gasteiger partial charge < -0.3 is 14.8 Å². The SMILES string of the molecule is COc1ccc(N[C@@H](c2ccccc2)[C@H]2C=CC(=O)N2C(=O)OCc2ccccc2)c(SC)c1. The van der Waals surface area contributed by atoms with Crippen molar-refractivity contribution in [1.82, 2.24) is 4.90 Å². The molecule has 1 aliphatic heterocycles. The summed E-state index contributed by atoms with van der Waals surface area (Å²) in [5.41, 5.74) is 2.68. The standard InChI is InChI=1S/C27H26N2O4S/c1-32-21-13-14-22(24(17-21)34-2)28-26(20-11-7-4-8-12-20)23-15-16-25(30)29(23)27(31)33-18-19-9-5-3-6-10-19/h3-17,23,26,28H,18H2,1-2H3/t23-,26+/m1/s1. The van der Waals surface area contributed by atoms with Gasteiger partial charge in [0, 0.05) is 16.7 Å². The van der Waals surface area contributed by atoms with Crippen LogP contribution in [0.2, 0.25) is 0 Å². The van der Waals surface area contributed by atoms with Crippen molar-refractivity contribution in [2.45, 2.75) is 23.6 Å². The Morgan fingerprint density at radius 3 is 2.44 bits per heavy atom. The Balaban J connectivity index is 1.62. The molecule has 174 valence electrons. The highest BCUT2D eigenvalue weighted by Crippen LogP contribution is 2.35. The number of thioether (sulfide) groups is 1. The molecule has 2 amide bonds. The second-order valence-electron chi connectivity index (χ2n) is 7.70. The summed E-state index contributed by atoms with van der Waals surface area (Å²) in [6.45, 7) is 0.0920. The number of nitrogens with zero attached hydrogens (tertiary/aromatic N) is 1. The molecular weight excluding hydrogens is 448 g/mol. The van der Waals surface area contributed by atoms with Crippen LogP contribution in [0.1, 0.15) is 17.2 Å². The molecule has 2 atom stereocenters. The summed E-state index contributed by atoms with van der Waals surface area (Å²) in [6.07, 6.45) is 4.49. The molecule has 1 heterocycles. The van der Waals surface area contributed by atoms with Crippen LogP contribution in [-0.4, -0.2) is 36.3 Å². The third kappa shape index (κ3) is 5.26. The lowest BCUT2D eigenvalue weighted by molar-refractivity contribution is -0.124. The molecule has 0 saturated heterocycles. The molecule has 0 aliphatic carbocycles. The highest BCUT2D eigenvalue weighted by Gasteiger charge is 2.39. The summed E-state index contributed by atoms with van der Waals surface area (Å²) in [4.78, 5) is 27.9. The Morgan fingerprint density at radius 1 is 1.06 bits per heavy atom. The van der Waals surface area contributed by atoms with Crippen molar-refractivity contribution in [1.29, 1.82) is 0 Å². The zero-order valence-corrected chi connectivity index (χ0v) is 19.8. The number of carbonyl (C=O) groups excluding carboxylic acids is 2. The number of amides is 2. The largest absolute Gasteiger partial charge is 0.497 e. The fourth-order valence-electron chi connectivity index (χ4n) is 3.87. The third-order valence-electron chi connectivity index (χ3n) is 5.59. The summed E-state index contributed by atoms with van der Waals surface area (Å²) in [5, 5.41) is 3.56. The molecule has 3 aromatic rings. The Hall–Kier alpha value is -3.71. The molecule has 4 rings (SSSR count). The maximum atomic E-state index is 13.0.